The van der Waals surface area contributed by atoms with Crippen LogP contribution in [0.3, 0.4) is 0 Å². The first-order valence-corrected chi connectivity index (χ1v) is 18.8. The smallest absolute Gasteiger partial charge is 0.269 e. The van der Waals surface area contributed by atoms with E-state index in [0.717, 1.165) is 47.2 Å². The lowest BCUT2D eigenvalue weighted by atomic mass is 9.84. The van der Waals surface area contributed by atoms with E-state index in [1.165, 1.54) is 0 Å². The van der Waals surface area contributed by atoms with Crippen LogP contribution in [0.25, 0.3) is 38.0 Å². The molecule has 12 nitrogen and oxygen atoms in total. The van der Waals surface area contributed by atoms with E-state index in [9.17, 15) is 69.1 Å². The van der Waals surface area contributed by atoms with Crippen molar-refractivity contribution in [2.75, 3.05) is 5.01 Å². The number of amides is 4. The SMILES string of the molecule is CCCCc1ccc(C(C)CC)c(-n2c(=O)c3cc4c(=O)n(N5C(=O)c6ccc7c8c(ccc(c68)C5=O)C(=O)N(C(C(F)F)(C(F)F)C(F)(F)F)C7=O)c(=O)c4cc3c2=O)c1. The number of hydrogen-bond acceptors (Lipinski definition) is 8. The maximum Gasteiger partial charge on any atom is 0.423 e. The molecule has 0 saturated carbocycles. The van der Waals surface area contributed by atoms with Crippen LogP contribution in [0.15, 0.2) is 73.8 Å². The number of carbonyl (C=O) groups is 4. The van der Waals surface area contributed by atoms with Gasteiger partial charge in [-0.3, -0.25) is 38.4 Å². The molecule has 2 aromatic heterocycles. The van der Waals surface area contributed by atoms with Gasteiger partial charge in [-0.1, -0.05) is 39.3 Å². The third kappa shape index (κ3) is 5.37. The van der Waals surface area contributed by atoms with E-state index < -0.39 is 119 Å². The van der Waals surface area contributed by atoms with Crippen LogP contribution in [0.1, 0.15) is 98.5 Å². The lowest BCUT2D eigenvalue weighted by molar-refractivity contribution is -0.287. The molecule has 2 aliphatic heterocycles. The van der Waals surface area contributed by atoms with Crippen molar-refractivity contribution in [3.05, 3.63) is 129 Å². The summed E-state index contributed by atoms with van der Waals surface area (Å²) in [7, 11) is 0. The molecule has 0 fully saturated rings. The predicted molar refractivity (Wildman–Crippen MR) is 206 cm³/mol. The second-order valence-electron chi connectivity index (χ2n) is 15.0. The number of rotatable bonds is 10. The predicted octanol–water partition coefficient (Wildman–Crippen LogP) is 6.27. The van der Waals surface area contributed by atoms with Gasteiger partial charge in [-0.2, -0.15) is 22.9 Å². The van der Waals surface area contributed by atoms with E-state index in [0.29, 0.717) is 36.2 Å². The number of aryl methyl sites for hydroxylation is 1. The highest BCUT2D eigenvalue weighted by Gasteiger charge is 2.74. The van der Waals surface area contributed by atoms with Gasteiger partial charge in [0.15, 0.2) is 0 Å². The summed E-state index contributed by atoms with van der Waals surface area (Å²) in [5.74, 6) is -7.39. The van der Waals surface area contributed by atoms with Crippen molar-refractivity contribution >= 4 is 55.9 Å². The second kappa shape index (κ2) is 13.9. The van der Waals surface area contributed by atoms with Gasteiger partial charge in [0.25, 0.3) is 64.3 Å². The molecule has 61 heavy (non-hydrogen) atoms. The Hall–Kier alpha value is -6.79. The number of hydrogen-bond donors (Lipinski definition) is 0. The Bertz CT molecular complexity index is 3020. The van der Waals surface area contributed by atoms with Gasteiger partial charge in [0.1, 0.15) is 0 Å². The van der Waals surface area contributed by atoms with Crippen LogP contribution >= 0.6 is 0 Å². The Morgan fingerprint density at radius 1 is 0.590 bits per heavy atom. The monoisotopic (exact) mass is 850 g/mol. The van der Waals surface area contributed by atoms with E-state index in [4.69, 9.17) is 0 Å². The number of unbranched alkanes of at least 4 members (excludes halogenated alkanes) is 1. The molecule has 8 rings (SSSR count). The third-order valence-electron chi connectivity index (χ3n) is 11.7. The average molecular weight is 851 g/mol. The minimum absolute atomic E-state index is 0.0710. The highest BCUT2D eigenvalue weighted by molar-refractivity contribution is 6.37. The average Bonchev–Trinajstić information content (AvgIpc) is 3.60. The van der Waals surface area contributed by atoms with Crippen LogP contribution in [-0.4, -0.2) is 62.3 Å². The molecule has 314 valence electrons. The molecule has 19 heteroatoms. The van der Waals surface area contributed by atoms with Crippen LogP contribution in [-0.2, 0) is 6.42 Å². The van der Waals surface area contributed by atoms with E-state index in [-0.39, 0.29) is 26.4 Å². The molecule has 4 aromatic carbocycles. The zero-order valence-corrected chi connectivity index (χ0v) is 32.0. The van der Waals surface area contributed by atoms with Crippen molar-refractivity contribution < 1.29 is 49.9 Å². The van der Waals surface area contributed by atoms with Crippen molar-refractivity contribution in [2.24, 2.45) is 0 Å². The zero-order valence-electron chi connectivity index (χ0n) is 32.0. The number of aromatic nitrogens is 2. The molecule has 0 saturated heterocycles. The summed E-state index contributed by atoms with van der Waals surface area (Å²) in [6.07, 6.45) is -13.5. The normalized spacial score (nSPS) is 15.2. The Kier molecular flexibility index (Phi) is 9.32. The quantitative estimate of drug-likeness (QED) is 0.116. The number of imide groups is 2. The molecule has 0 N–H and O–H groups in total. The second-order valence-corrected chi connectivity index (χ2v) is 15.0. The van der Waals surface area contributed by atoms with Gasteiger partial charge in [-0.25, -0.2) is 27.0 Å². The molecule has 0 radical (unpaired) electrons. The lowest BCUT2D eigenvalue weighted by Gasteiger charge is -2.43. The Morgan fingerprint density at radius 3 is 1.44 bits per heavy atom. The zero-order chi connectivity index (χ0) is 44.4. The summed E-state index contributed by atoms with van der Waals surface area (Å²) in [6, 6.07) is 10.2. The van der Waals surface area contributed by atoms with Crippen molar-refractivity contribution in [1.82, 2.24) is 14.1 Å². The fraction of sp³-hybridized carbons (Fsp3) is 0.286. The summed E-state index contributed by atoms with van der Waals surface area (Å²) < 4.78 is 99.9. The van der Waals surface area contributed by atoms with Crippen LogP contribution < -0.4 is 27.2 Å². The molecule has 6 aromatic rings. The molecule has 1 atom stereocenters. The molecule has 2 aliphatic rings. The van der Waals surface area contributed by atoms with Crippen molar-refractivity contribution in [2.45, 2.75) is 76.9 Å². The Labute approximate surface area is 336 Å². The van der Waals surface area contributed by atoms with Crippen LogP contribution in [0.4, 0.5) is 30.7 Å². The largest absolute Gasteiger partial charge is 0.423 e. The maximum atomic E-state index is 14.1. The standard InChI is InChI=1S/C42H29F7N4O8/c1-4-6-7-18-8-9-19(17(3)5-2)28(14-18)50-31(54)24-15-26-27(16-25(24)32(50)55)38(61)53(37(26)60)52-35(58)22-12-10-20-29-21(11-13-23(30(22)29)36(52)59)34(57)51(33(20)56)41(39(43)44,40(45)46)42(47,48)49/h8-17,39-40H,4-7H2,1-3H3. The van der Waals surface area contributed by atoms with E-state index in [1.54, 1.807) is 6.07 Å². The number of fused-ring (bicyclic) bond motifs is 2. The lowest BCUT2D eigenvalue weighted by Crippen LogP contribution is -2.71. The molecular formula is C42H29F7N4O8. The number of halogens is 7. The van der Waals surface area contributed by atoms with Crippen molar-refractivity contribution in [1.29, 1.82) is 0 Å². The van der Waals surface area contributed by atoms with Crippen LogP contribution in [0.5, 0.6) is 0 Å². The molecule has 4 heterocycles. The number of benzene rings is 4. The van der Waals surface area contributed by atoms with Gasteiger partial charge < -0.3 is 0 Å². The molecule has 1 unspecified atom stereocenters. The summed E-state index contributed by atoms with van der Waals surface area (Å²) in [6.45, 7) is 5.88. The third-order valence-corrected chi connectivity index (χ3v) is 11.7. The topological polar surface area (TPSA) is 153 Å². The number of nitrogens with zero attached hydrogens (tertiary/aromatic N) is 4. The first kappa shape index (κ1) is 41.0. The van der Waals surface area contributed by atoms with Gasteiger partial charge in [0, 0.05) is 21.9 Å². The summed E-state index contributed by atoms with van der Waals surface area (Å²) >= 11 is 0. The molecular weight excluding hydrogens is 821 g/mol. The minimum Gasteiger partial charge on any atom is -0.269 e. The minimum atomic E-state index is -6.54. The van der Waals surface area contributed by atoms with Crippen LogP contribution in [0.2, 0.25) is 0 Å². The van der Waals surface area contributed by atoms with E-state index in [2.05, 4.69) is 0 Å². The van der Waals surface area contributed by atoms with E-state index >= 15 is 0 Å². The highest BCUT2D eigenvalue weighted by Crippen LogP contribution is 2.49. The Morgan fingerprint density at radius 2 is 1.03 bits per heavy atom. The molecule has 0 spiro atoms. The molecule has 4 amide bonds. The first-order valence-electron chi connectivity index (χ1n) is 18.8. The molecule has 0 aliphatic carbocycles. The van der Waals surface area contributed by atoms with Crippen molar-refractivity contribution in [3.63, 3.8) is 0 Å². The summed E-state index contributed by atoms with van der Waals surface area (Å²) in [4.78, 5) is 110. The number of alkyl halides is 7. The Balaban J connectivity index is 1.27. The van der Waals surface area contributed by atoms with Gasteiger partial charge in [0.2, 0.25) is 0 Å². The molecule has 0 bridgehead atoms. The van der Waals surface area contributed by atoms with Crippen molar-refractivity contribution in [3.8, 4) is 5.69 Å². The fourth-order valence-electron chi connectivity index (χ4n) is 8.36. The first-order chi connectivity index (χ1) is 28.8. The summed E-state index contributed by atoms with van der Waals surface area (Å²) in [5, 5.41) is -2.54. The van der Waals surface area contributed by atoms with E-state index in [1.807, 2.05) is 32.9 Å². The van der Waals surface area contributed by atoms with Gasteiger partial charge in [-0.15, -0.1) is 0 Å². The highest BCUT2D eigenvalue weighted by atomic mass is 19.4. The maximum absolute atomic E-state index is 14.1. The van der Waals surface area contributed by atoms with Gasteiger partial charge in [-0.05, 0) is 78.8 Å². The van der Waals surface area contributed by atoms with Crippen LogP contribution in [0, 0.1) is 0 Å². The van der Waals surface area contributed by atoms with Gasteiger partial charge >= 0.3 is 6.18 Å². The fourth-order valence-corrected chi connectivity index (χ4v) is 8.36. The number of carbonyl (C=O) groups excluding carboxylic acids is 4. The van der Waals surface area contributed by atoms with Gasteiger partial charge in [0.05, 0.1) is 38.4 Å². The summed E-state index contributed by atoms with van der Waals surface area (Å²) in [5.41, 5.74) is -11.0.